The van der Waals surface area contributed by atoms with Gasteiger partial charge in [-0.05, 0) is 56.3 Å². The summed E-state index contributed by atoms with van der Waals surface area (Å²) in [4.78, 5) is 3.92. The van der Waals surface area contributed by atoms with Crippen molar-refractivity contribution < 1.29 is 35.6 Å². The van der Waals surface area contributed by atoms with E-state index in [1.807, 2.05) is 0 Å². The number of alkyl halides is 6. The molecule has 0 radical (unpaired) electrons. The molecule has 1 N–H and O–H groups in total. The molecule has 3 aliphatic carbocycles. The minimum atomic E-state index is -5.65. The Bertz CT molecular complexity index is 579. The fourth-order valence-corrected chi connectivity index (χ4v) is 8.02. The molecule has 200 valence electrons. The Hall–Kier alpha value is 0.160. The maximum atomic E-state index is 14.9. The van der Waals surface area contributed by atoms with Crippen LogP contribution in [0.15, 0.2) is 0 Å². The van der Waals surface area contributed by atoms with Crippen LogP contribution in [-0.2, 0) is 9.22 Å². The Labute approximate surface area is 207 Å². The Morgan fingerprint density at radius 1 is 0.618 bits per heavy atom. The highest BCUT2D eigenvalue weighted by Gasteiger charge is 2.74. The van der Waals surface area contributed by atoms with Crippen LogP contribution in [0, 0.1) is 17.8 Å². The van der Waals surface area contributed by atoms with Crippen LogP contribution in [0.2, 0.25) is 0 Å². The molecule has 3 aliphatic rings. The van der Waals surface area contributed by atoms with Crippen LogP contribution >= 0.6 is 24.0 Å². The molecule has 0 saturated heterocycles. The van der Waals surface area contributed by atoms with Gasteiger partial charge in [0.1, 0.15) is 12.0 Å². The SMILES string of the molecule is COOSC(F)(F)C(F)(F)C(F)(F)SNC(C1CCCCC1)(C1CCCCC1)C1CCCCC1. The molecule has 0 aromatic carbocycles. The van der Waals surface area contributed by atoms with Crippen LogP contribution in [0.1, 0.15) is 96.3 Å². The molecule has 0 bridgehead atoms. The van der Waals surface area contributed by atoms with Crippen molar-refractivity contribution in [1.29, 1.82) is 0 Å². The summed E-state index contributed by atoms with van der Waals surface area (Å²) in [6, 6.07) is 0. The monoisotopic (exact) mass is 537 g/mol. The fraction of sp³-hybridized carbons (Fsp3) is 1.00. The summed E-state index contributed by atoms with van der Waals surface area (Å²) in [5.41, 5.74) is -0.753. The first kappa shape index (κ1) is 28.7. The molecule has 3 nitrogen and oxygen atoms in total. The molecule has 0 aromatic heterocycles. The van der Waals surface area contributed by atoms with E-state index in [1.54, 1.807) is 0 Å². The first-order valence-electron chi connectivity index (χ1n) is 12.6. The van der Waals surface area contributed by atoms with Gasteiger partial charge in [-0.25, -0.2) is 4.89 Å². The van der Waals surface area contributed by atoms with Crippen molar-refractivity contribution >= 4 is 24.0 Å². The molecule has 0 spiro atoms. The van der Waals surface area contributed by atoms with Crippen LogP contribution in [0.5, 0.6) is 0 Å². The lowest BCUT2D eigenvalue weighted by Crippen LogP contribution is -2.62. The van der Waals surface area contributed by atoms with E-state index in [0.29, 0.717) is 0 Å². The van der Waals surface area contributed by atoms with E-state index in [1.165, 1.54) is 0 Å². The summed E-state index contributed by atoms with van der Waals surface area (Å²) in [6.07, 6.45) is 14.3. The third-order valence-corrected chi connectivity index (χ3v) is 9.77. The van der Waals surface area contributed by atoms with Crippen molar-refractivity contribution in [2.75, 3.05) is 7.11 Å². The average Bonchev–Trinajstić information content (AvgIpc) is 2.85. The molecular weight excluding hydrogens is 500 g/mol. The second-order valence-electron chi connectivity index (χ2n) is 10.1. The van der Waals surface area contributed by atoms with Crippen LogP contribution in [0.4, 0.5) is 26.3 Å². The minimum absolute atomic E-state index is 0.0797. The van der Waals surface area contributed by atoms with Gasteiger partial charge in [0.2, 0.25) is 0 Å². The zero-order valence-corrected chi connectivity index (χ0v) is 21.4. The Kier molecular flexibility index (Phi) is 10.3. The van der Waals surface area contributed by atoms with Gasteiger partial charge in [0.05, 0.1) is 7.11 Å². The Morgan fingerprint density at radius 2 is 1.00 bits per heavy atom. The number of hydrogen-bond donors (Lipinski definition) is 1. The van der Waals surface area contributed by atoms with Gasteiger partial charge in [-0.1, -0.05) is 57.8 Å². The molecule has 3 saturated carbocycles. The van der Waals surface area contributed by atoms with Crippen molar-refractivity contribution in [3.05, 3.63) is 0 Å². The van der Waals surface area contributed by atoms with E-state index in [-0.39, 0.29) is 17.8 Å². The molecule has 0 aromatic rings. The maximum absolute atomic E-state index is 14.9. The second-order valence-corrected chi connectivity index (χ2v) is 11.8. The van der Waals surface area contributed by atoms with Gasteiger partial charge < -0.3 is 0 Å². The van der Waals surface area contributed by atoms with Crippen LogP contribution in [-0.4, -0.2) is 29.1 Å². The summed E-state index contributed by atoms with van der Waals surface area (Å²) in [5.74, 6) is -5.42. The van der Waals surface area contributed by atoms with Gasteiger partial charge in [0.15, 0.2) is 0 Å². The molecule has 3 fully saturated rings. The van der Waals surface area contributed by atoms with E-state index >= 15 is 0 Å². The highest BCUT2D eigenvalue weighted by Crippen LogP contribution is 2.57. The normalized spacial score (nSPS) is 23.4. The molecule has 11 heteroatoms. The lowest BCUT2D eigenvalue weighted by molar-refractivity contribution is -0.247. The van der Waals surface area contributed by atoms with Gasteiger partial charge in [0, 0.05) is 17.5 Å². The summed E-state index contributed by atoms with van der Waals surface area (Å²) in [5, 5.41) is -10.2. The molecule has 0 atom stereocenters. The summed E-state index contributed by atoms with van der Waals surface area (Å²) in [7, 11) is 0.836. The minimum Gasteiger partial charge on any atom is -0.252 e. The number of nitrogens with one attached hydrogen (secondary N) is 1. The predicted octanol–water partition coefficient (Wildman–Crippen LogP) is 8.75. The van der Waals surface area contributed by atoms with Crippen LogP contribution in [0.25, 0.3) is 0 Å². The van der Waals surface area contributed by atoms with Gasteiger partial charge in [-0.15, -0.1) is 0 Å². The number of hydrogen-bond acceptors (Lipinski definition) is 5. The highest BCUT2D eigenvalue weighted by atomic mass is 32.2. The predicted molar refractivity (Wildman–Crippen MR) is 124 cm³/mol. The van der Waals surface area contributed by atoms with E-state index in [9.17, 15) is 26.3 Å². The van der Waals surface area contributed by atoms with E-state index in [2.05, 4.69) is 13.9 Å². The van der Waals surface area contributed by atoms with Crippen molar-refractivity contribution in [3.63, 3.8) is 0 Å². The molecule has 3 rings (SSSR count). The largest absolute Gasteiger partial charge is 0.395 e. The quantitative estimate of drug-likeness (QED) is 0.0936. The maximum Gasteiger partial charge on any atom is 0.395 e. The van der Waals surface area contributed by atoms with Crippen LogP contribution < -0.4 is 4.72 Å². The molecule has 0 aliphatic heterocycles. The zero-order valence-electron chi connectivity index (χ0n) is 19.7. The van der Waals surface area contributed by atoms with Crippen molar-refractivity contribution in [3.8, 4) is 0 Å². The third-order valence-electron chi connectivity index (χ3n) is 8.14. The molecular formula is C23H37F6NO2S2. The number of rotatable bonds is 11. The number of halogens is 6. The molecule has 0 heterocycles. The molecule has 34 heavy (non-hydrogen) atoms. The van der Waals surface area contributed by atoms with E-state index in [0.717, 1.165) is 103 Å². The van der Waals surface area contributed by atoms with Gasteiger partial charge in [-0.2, -0.15) is 30.7 Å². The first-order valence-corrected chi connectivity index (χ1v) is 14.1. The molecule has 0 unspecified atom stereocenters. The lowest BCUT2D eigenvalue weighted by atomic mass is 9.57. The Morgan fingerprint density at radius 3 is 1.35 bits per heavy atom. The van der Waals surface area contributed by atoms with Crippen molar-refractivity contribution in [2.24, 2.45) is 17.8 Å². The van der Waals surface area contributed by atoms with Crippen LogP contribution in [0.3, 0.4) is 0 Å². The van der Waals surface area contributed by atoms with Gasteiger partial charge >= 0.3 is 16.4 Å². The van der Waals surface area contributed by atoms with Gasteiger partial charge in [-0.3, -0.25) is 4.72 Å². The summed E-state index contributed by atoms with van der Waals surface area (Å²) < 4.78 is 93.6. The summed E-state index contributed by atoms with van der Waals surface area (Å²) >= 11 is -1.59. The second kappa shape index (κ2) is 12.1. The third kappa shape index (κ3) is 6.00. The van der Waals surface area contributed by atoms with Crippen molar-refractivity contribution in [2.45, 2.75) is 118 Å². The average molecular weight is 538 g/mol. The topological polar surface area (TPSA) is 30.5 Å². The zero-order chi connectivity index (χ0) is 24.9. The van der Waals surface area contributed by atoms with Crippen molar-refractivity contribution in [1.82, 2.24) is 4.72 Å². The van der Waals surface area contributed by atoms with E-state index in [4.69, 9.17) is 0 Å². The molecule has 0 amide bonds. The van der Waals surface area contributed by atoms with E-state index < -0.39 is 46.0 Å². The smallest absolute Gasteiger partial charge is 0.252 e. The Balaban J connectivity index is 1.92. The van der Waals surface area contributed by atoms with Gasteiger partial charge in [0.25, 0.3) is 0 Å². The lowest BCUT2D eigenvalue weighted by Gasteiger charge is -2.55. The highest BCUT2D eigenvalue weighted by molar-refractivity contribution is 7.98. The standard InChI is InChI=1S/C23H37F6NO2S2/c1-31-32-34-23(28,29)21(24,25)22(26,27)33-30-20(17-11-5-2-6-12-17,18-13-7-3-8-14-18)19-15-9-4-10-16-19/h17-19,30H,2-16H2,1H3. The first-order chi connectivity index (χ1) is 16.1. The fourth-order valence-electron chi connectivity index (χ4n) is 6.51. The summed E-state index contributed by atoms with van der Waals surface area (Å²) in [6.45, 7) is 0.